The lowest BCUT2D eigenvalue weighted by Gasteiger charge is -2.43. The van der Waals surface area contributed by atoms with E-state index in [9.17, 15) is 9.59 Å². The molecule has 0 bridgehead atoms. The van der Waals surface area contributed by atoms with E-state index in [1.54, 1.807) is 6.92 Å². The zero-order valence-corrected chi connectivity index (χ0v) is 9.07. The first-order valence-electron chi connectivity index (χ1n) is 4.58. The highest BCUT2D eigenvalue weighted by Crippen LogP contribution is 2.29. The molecule has 0 radical (unpaired) electrons. The molecule has 0 saturated carbocycles. The predicted octanol–water partition coefficient (Wildman–Crippen LogP) is 0.151. The molecule has 1 rings (SSSR count). The quantitative estimate of drug-likeness (QED) is 0.640. The minimum absolute atomic E-state index is 0.251. The van der Waals surface area contributed by atoms with Gasteiger partial charge in [-0.3, -0.25) is 14.6 Å². The minimum atomic E-state index is -1.29. The fourth-order valence-corrected chi connectivity index (χ4v) is 1.67. The summed E-state index contributed by atoms with van der Waals surface area (Å²) >= 11 is 0. The van der Waals surface area contributed by atoms with Gasteiger partial charge in [-0.05, 0) is 6.42 Å². The monoisotopic (exact) mass is 213 g/mol. The van der Waals surface area contributed by atoms with E-state index in [0.29, 0.717) is 6.42 Å². The van der Waals surface area contributed by atoms with E-state index >= 15 is 0 Å². The number of nitrogens with zero attached hydrogens (tertiary/aromatic N) is 2. The van der Waals surface area contributed by atoms with Crippen LogP contribution < -0.4 is 5.48 Å². The summed E-state index contributed by atoms with van der Waals surface area (Å²) in [5.41, 5.74) is 0.920. The van der Waals surface area contributed by atoms with E-state index in [2.05, 4.69) is 6.58 Å². The van der Waals surface area contributed by atoms with Crippen molar-refractivity contribution in [1.29, 1.82) is 0 Å². The summed E-state index contributed by atoms with van der Waals surface area (Å²) in [4.78, 5) is 25.6. The Bertz CT molecular complexity index is 297. The molecule has 1 fully saturated rings. The molecule has 2 N–H and O–H groups in total. The number of hydroxylamine groups is 1. The summed E-state index contributed by atoms with van der Waals surface area (Å²) in [5, 5.41) is 9.11. The number of carbonyl (C=O) groups excluding carboxylic acids is 2. The van der Waals surface area contributed by atoms with Gasteiger partial charge in [-0.1, -0.05) is 13.5 Å². The van der Waals surface area contributed by atoms with E-state index in [0.717, 1.165) is 4.90 Å². The first-order valence-corrected chi connectivity index (χ1v) is 4.58. The van der Waals surface area contributed by atoms with Crippen LogP contribution in [-0.2, 0) is 4.79 Å². The third-order valence-corrected chi connectivity index (χ3v) is 2.86. The fourth-order valence-electron chi connectivity index (χ4n) is 1.67. The van der Waals surface area contributed by atoms with E-state index in [1.807, 2.05) is 5.48 Å². The Morgan fingerprint density at radius 2 is 1.93 bits per heavy atom. The Labute approximate surface area is 88.1 Å². The molecule has 1 heterocycles. The molecule has 1 saturated heterocycles. The zero-order valence-electron chi connectivity index (χ0n) is 9.07. The summed E-state index contributed by atoms with van der Waals surface area (Å²) in [6, 6.07) is -0.454. The van der Waals surface area contributed by atoms with Crippen LogP contribution in [0.25, 0.3) is 0 Å². The number of likely N-dealkylation sites (N-methyl/N-ethyl adjacent to an activating group) is 2. The van der Waals surface area contributed by atoms with Crippen LogP contribution in [0.2, 0.25) is 0 Å². The third kappa shape index (κ3) is 1.33. The van der Waals surface area contributed by atoms with Gasteiger partial charge in [-0.25, -0.2) is 4.79 Å². The van der Waals surface area contributed by atoms with Gasteiger partial charge in [-0.15, -0.1) is 0 Å². The van der Waals surface area contributed by atoms with Gasteiger partial charge < -0.3 is 5.21 Å². The lowest BCUT2D eigenvalue weighted by atomic mass is 9.89. The Hall–Kier alpha value is -1.40. The van der Waals surface area contributed by atoms with Crippen LogP contribution >= 0.6 is 0 Å². The molecule has 1 atom stereocenters. The Morgan fingerprint density at radius 3 is 2.33 bits per heavy atom. The molecule has 0 aromatic carbocycles. The molecule has 1 unspecified atom stereocenters. The summed E-state index contributed by atoms with van der Waals surface area (Å²) < 4.78 is 0. The number of imide groups is 1. The highest BCUT2D eigenvalue weighted by molar-refractivity contribution is 6.04. The van der Waals surface area contributed by atoms with Crippen LogP contribution in [0.1, 0.15) is 13.3 Å². The van der Waals surface area contributed by atoms with Gasteiger partial charge in [0, 0.05) is 19.8 Å². The van der Waals surface area contributed by atoms with Crippen molar-refractivity contribution in [3.05, 3.63) is 12.3 Å². The van der Waals surface area contributed by atoms with Crippen LogP contribution in [-0.4, -0.2) is 46.6 Å². The van der Waals surface area contributed by atoms with Crippen LogP contribution in [0.15, 0.2) is 12.3 Å². The molecule has 84 valence electrons. The molecule has 1 aliphatic heterocycles. The van der Waals surface area contributed by atoms with Gasteiger partial charge in [0.2, 0.25) is 0 Å². The molecule has 15 heavy (non-hydrogen) atoms. The molecular weight excluding hydrogens is 198 g/mol. The van der Waals surface area contributed by atoms with Gasteiger partial charge >= 0.3 is 6.03 Å². The number of urea groups is 1. The normalized spacial score (nSPS) is 27.6. The Morgan fingerprint density at radius 1 is 1.40 bits per heavy atom. The van der Waals surface area contributed by atoms with Crippen molar-refractivity contribution < 1.29 is 14.8 Å². The van der Waals surface area contributed by atoms with Crippen LogP contribution in [0.3, 0.4) is 0 Å². The number of nitrogens with one attached hydrogen (secondary N) is 1. The van der Waals surface area contributed by atoms with Crippen molar-refractivity contribution in [3.63, 3.8) is 0 Å². The van der Waals surface area contributed by atoms with Crippen LogP contribution in [0, 0.1) is 0 Å². The maximum absolute atomic E-state index is 11.9. The average Bonchev–Trinajstić information content (AvgIpc) is 2.26. The van der Waals surface area contributed by atoms with Gasteiger partial charge in [-0.2, -0.15) is 5.48 Å². The van der Waals surface area contributed by atoms with Crippen molar-refractivity contribution in [1.82, 2.24) is 15.3 Å². The summed E-state index contributed by atoms with van der Waals surface area (Å²) in [7, 11) is 2.88. The maximum atomic E-state index is 11.9. The first-order chi connectivity index (χ1) is 6.92. The lowest BCUT2D eigenvalue weighted by molar-refractivity contribution is -0.140. The van der Waals surface area contributed by atoms with E-state index in [-0.39, 0.29) is 5.70 Å². The standard InChI is InChI=1S/C9H15N3O3/c1-5-9(10-15)6(2)11(3)8(14)12(4)7(9)13/h10,15H,2,5H2,1,3-4H3. The van der Waals surface area contributed by atoms with E-state index in [1.165, 1.54) is 19.0 Å². The molecule has 0 aromatic rings. The number of amides is 3. The van der Waals surface area contributed by atoms with E-state index in [4.69, 9.17) is 5.21 Å². The van der Waals surface area contributed by atoms with Gasteiger partial charge in [0.1, 0.15) is 0 Å². The molecular formula is C9H15N3O3. The van der Waals surface area contributed by atoms with Crippen molar-refractivity contribution >= 4 is 11.9 Å². The smallest absolute Gasteiger partial charge is 0.315 e. The molecule has 1 aliphatic rings. The summed E-state index contributed by atoms with van der Waals surface area (Å²) in [6.45, 7) is 5.39. The highest BCUT2D eigenvalue weighted by atomic mass is 16.5. The largest absolute Gasteiger partial charge is 0.330 e. The number of carbonyl (C=O) groups is 2. The number of rotatable bonds is 2. The highest BCUT2D eigenvalue weighted by Gasteiger charge is 2.50. The van der Waals surface area contributed by atoms with E-state index < -0.39 is 17.5 Å². The molecule has 0 aliphatic carbocycles. The summed E-state index contributed by atoms with van der Waals surface area (Å²) in [6.07, 6.45) is 0.309. The fraction of sp³-hybridized carbons (Fsp3) is 0.556. The van der Waals surface area contributed by atoms with Crippen LogP contribution in [0.4, 0.5) is 4.79 Å². The minimum Gasteiger partial charge on any atom is -0.315 e. The zero-order chi connectivity index (χ0) is 11.8. The van der Waals surface area contributed by atoms with Crippen molar-refractivity contribution in [2.75, 3.05) is 14.1 Å². The van der Waals surface area contributed by atoms with Crippen molar-refractivity contribution in [2.24, 2.45) is 0 Å². The second kappa shape index (κ2) is 3.63. The van der Waals surface area contributed by atoms with Crippen LogP contribution in [0.5, 0.6) is 0 Å². The Balaban J connectivity index is 3.23. The van der Waals surface area contributed by atoms with Gasteiger partial charge in [0.25, 0.3) is 5.91 Å². The SMILES string of the molecule is C=C1N(C)C(=O)N(C)C(=O)C1(CC)NO. The summed E-state index contributed by atoms with van der Waals surface area (Å²) in [5.74, 6) is -0.499. The lowest BCUT2D eigenvalue weighted by Crippen LogP contribution is -2.66. The van der Waals surface area contributed by atoms with Gasteiger partial charge in [0.05, 0.1) is 0 Å². The average molecular weight is 213 g/mol. The second-order valence-electron chi connectivity index (χ2n) is 3.52. The Kier molecular flexibility index (Phi) is 2.83. The van der Waals surface area contributed by atoms with Crippen molar-refractivity contribution in [2.45, 2.75) is 18.9 Å². The first kappa shape index (κ1) is 11.7. The predicted molar refractivity (Wildman–Crippen MR) is 53.0 cm³/mol. The maximum Gasteiger partial charge on any atom is 0.330 e. The number of hydrogen-bond donors (Lipinski definition) is 2. The molecule has 6 nitrogen and oxygen atoms in total. The molecule has 0 aromatic heterocycles. The number of hydrogen-bond acceptors (Lipinski definition) is 4. The molecule has 6 heteroatoms. The van der Waals surface area contributed by atoms with Crippen molar-refractivity contribution in [3.8, 4) is 0 Å². The third-order valence-electron chi connectivity index (χ3n) is 2.86. The topological polar surface area (TPSA) is 72.9 Å². The van der Waals surface area contributed by atoms with Gasteiger partial charge in [0.15, 0.2) is 5.54 Å². The molecule has 3 amide bonds. The second-order valence-corrected chi connectivity index (χ2v) is 3.52. The molecule has 0 spiro atoms.